The second kappa shape index (κ2) is 11.6. The van der Waals surface area contributed by atoms with Gasteiger partial charge in [-0.15, -0.1) is 0 Å². The molecule has 2 aromatic rings. The molecule has 1 aliphatic carbocycles. The molecule has 0 spiro atoms. The number of carbonyl (C=O) groups excluding carboxylic acids is 2. The highest BCUT2D eigenvalue weighted by Crippen LogP contribution is 2.38. The average molecular weight is 464 g/mol. The van der Waals surface area contributed by atoms with Crippen molar-refractivity contribution in [1.82, 2.24) is 15.2 Å². The van der Waals surface area contributed by atoms with Crippen LogP contribution in [0.25, 0.3) is 0 Å². The maximum Gasteiger partial charge on any atom is 0.226 e. The van der Waals surface area contributed by atoms with Gasteiger partial charge in [0, 0.05) is 24.9 Å². The average Bonchev–Trinajstić information content (AvgIpc) is 3.38. The minimum absolute atomic E-state index is 0.0743. The molecule has 182 valence electrons. The van der Waals surface area contributed by atoms with E-state index >= 15 is 0 Å². The minimum Gasteiger partial charge on any atom is -0.439 e. The molecule has 1 saturated carbocycles. The van der Waals surface area contributed by atoms with Crippen LogP contribution in [0.2, 0.25) is 0 Å². The summed E-state index contributed by atoms with van der Waals surface area (Å²) in [5.41, 5.74) is 0.858. The number of aromatic nitrogens is 1. The number of nitrogens with zero attached hydrogens (tertiary/aromatic N) is 2. The highest BCUT2D eigenvalue weighted by molar-refractivity contribution is 5.90. The molecule has 1 amide bonds. The number of para-hydroxylation sites is 1. The van der Waals surface area contributed by atoms with Gasteiger partial charge in [-0.05, 0) is 63.8 Å². The van der Waals surface area contributed by atoms with Crippen molar-refractivity contribution in [3.63, 3.8) is 0 Å². The number of likely N-dealkylation sites (N-methyl/N-ethyl adjacent to an activating group) is 1. The molecule has 34 heavy (non-hydrogen) atoms. The van der Waals surface area contributed by atoms with Gasteiger partial charge in [0.05, 0.1) is 17.8 Å². The van der Waals surface area contributed by atoms with Gasteiger partial charge in [0.15, 0.2) is 0 Å². The summed E-state index contributed by atoms with van der Waals surface area (Å²) in [4.78, 5) is 33.6. The van der Waals surface area contributed by atoms with Gasteiger partial charge in [-0.3, -0.25) is 9.59 Å². The zero-order valence-corrected chi connectivity index (χ0v) is 20.4. The van der Waals surface area contributed by atoms with Gasteiger partial charge in [-0.25, -0.2) is 4.98 Å². The number of carbonyl (C=O) groups is 2. The maximum absolute atomic E-state index is 13.9. The third-order valence-corrected chi connectivity index (χ3v) is 7.46. The molecular formula is C28H37N3O3. The van der Waals surface area contributed by atoms with E-state index < -0.39 is 0 Å². The summed E-state index contributed by atoms with van der Waals surface area (Å²) in [5.74, 6) is 1.57. The Morgan fingerprint density at radius 1 is 1.03 bits per heavy atom. The van der Waals surface area contributed by atoms with Gasteiger partial charge in [0.2, 0.25) is 11.8 Å². The normalized spacial score (nSPS) is 20.6. The lowest BCUT2D eigenvalue weighted by Gasteiger charge is -2.34. The summed E-state index contributed by atoms with van der Waals surface area (Å²) >= 11 is 0. The van der Waals surface area contributed by atoms with E-state index in [0.717, 1.165) is 50.0 Å². The standard InChI is InChI=1S/C28H37N3O3/c1-20(29-2)26(32)19-23(21-11-5-3-6-12-21)28(33)31-18-10-16-25(31)24-15-9-17-27(30-24)34-22-13-7-4-8-14-22/h4,7-9,13-15,17,20-21,23,25,29H,3,5-6,10-12,16,18-19H2,1-2H3/t20-,23-,25-/m0/s1. The predicted molar refractivity (Wildman–Crippen MR) is 133 cm³/mol. The Hall–Kier alpha value is -2.73. The zero-order chi connectivity index (χ0) is 23.9. The molecule has 1 aromatic heterocycles. The summed E-state index contributed by atoms with van der Waals surface area (Å²) in [6.45, 7) is 2.60. The van der Waals surface area contributed by atoms with Crippen molar-refractivity contribution in [3.8, 4) is 11.6 Å². The Morgan fingerprint density at radius 2 is 1.79 bits per heavy atom. The number of ketones is 1. The Kier molecular flexibility index (Phi) is 8.33. The van der Waals surface area contributed by atoms with Gasteiger partial charge in [0.25, 0.3) is 0 Å². The van der Waals surface area contributed by atoms with Crippen LogP contribution >= 0.6 is 0 Å². The van der Waals surface area contributed by atoms with Crippen LogP contribution in [0.4, 0.5) is 0 Å². The largest absolute Gasteiger partial charge is 0.439 e. The quantitative estimate of drug-likeness (QED) is 0.546. The van der Waals surface area contributed by atoms with Crippen molar-refractivity contribution in [2.75, 3.05) is 13.6 Å². The Morgan fingerprint density at radius 3 is 2.53 bits per heavy atom. The van der Waals surface area contributed by atoms with Crippen molar-refractivity contribution in [2.24, 2.45) is 11.8 Å². The van der Waals surface area contributed by atoms with E-state index in [1.165, 1.54) is 6.42 Å². The molecule has 1 aliphatic heterocycles. The fraction of sp³-hybridized carbons (Fsp3) is 0.536. The molecule has 2 aliphatic rings. The molecule has 2 fully saturated rings. The van der Waals surface area contributed by atoms with E-state index in [1.807, 2.05) is 60.4 Å². The van der Waals surface area contributed by atoms with Gasteiger partial charge in [0.1, 0.15) is 11.5 Å². The van der Waals surface area contributed by atoms with Gasteiger partial charge in [-0.2, -0.15) is 0 Å². The zero-order valence-electron chi connectivity index (χ0n) is 20.4. The SMILES string of the molecule is CN[C@@H](C)C(=O)C[C@H](C(=O)N1CCC[C@H]1c1cccc(Oc2ccccc2)n1)C1CCCCC1. The number of nitrogens with one attached hydrogen (secondary N) is 1. The molecule has 4 rings (SSSR count). The summed E-state index contributed by atoms with van der Waals surface area (Å²) in [6.07, 6.45) is 7.74. The molecule has 0 radical (unpaired) electrons. The number of amides is 1. The number of pyridine rings is 1. The first kappa shape index (κ1) is 24.4. The summed E-state index contributed by atoms with van der Waals surface area (Å²) in [7, 11) is 1.80. The van der Waals surface area contributed by atoms with Crippen molar-refractivity contribution in [3.05, 3.63) is 54.2 Å². The van der Waals surface area contributed by atoms with Crippen LogP contribution in [0, 0.1) is 11.8 Å². The second-order valence-corrected chi connectivity index (χ2v) is 9.69. The van der Waals surface area contributed by atoms with Crippen molar-refractivity contribution >= 4 is 11.7 Å². The van der Waals surface area contributed by atoms with E-state index in [0.29, 0.717) is 18.8 Å². The number of rotatable bonds is 9. The van der Waals surface area contributed by atoms with Crippen molar-refractivity contribution < 1.29 is 14.3 Å². The van der Waals surface area contributed by atoms with Crippen LogP contribution in [0.3, 0.4) is 0 Å². The van der Waals surface area contributed by atoms with Gasteiger partial charge < -0.3 is 15.0 Å². The monoisotopic (exact) mass is 463 g/mol. The highest BCUT2D eigenvalue weighted by Gasteiger charge is 2.39. The summed E-state index contributed by atoms with van der Waals surface area (Å²) in [6, 6.07) is 15.1. The maximum atomic E-state index is 13.9. The molecule has 6 heteroatoms. The van der Waals surface area contributed by atoms with E-state index in [4.69, 9.17) is 9.72 Å². The smallest absolute Gasteiger partial charge is 0.226 e. The van der Waals surface area contributed by atoms with Crippen molar-refractivity contribution in [2.45, 2.75) is 70.4 Å². The first-order valence-electron chi connectivity index (χ1n) is 12.8. The lowest BCUT2D eigenvalue weighted by atomic mass is 9.76. The van der Waals surface area contributed by atoms with E-state index in [9.17, 15) is 9.59 Å². The third kappa shape index (κ3) is 5.84. The molecular weight excluding hydrogens is 426 g/mol. The first-order chi connectivity index (χ1) is 16.6. The van der Waals surface area contributed by atoms with Crippen LogP contribution < -0.4 is 10.1 Å². The van der Waals surface area contributed by atoms with Crippen LogP contribution in [0.5, 0.6) is 11.6 Å². The highest BCUT2D eigenvalue weighted by atomic mass is 16.5. The molecule has 0 bridgehead atoms. The molecule has 1 aromatic carbocycles. The van der Waals surface area contributed by atoms with E-state index in [1.54, 1.807) is 7.05 Å². The van der Waals surface area contributed by atoms with Crippen molar-refractivity contribution in [1.29, 1.82) is 0 Å². The Labute approximate surface area is 203 Å². The number of Topliss-reactive ketones (excluding diaryl/α,β-unsaturated/α-hetero) is 1. The molecule has 1 N–H and O–H groups in total. The van der Waals surface area contributed by atoms with Gasteiger partial charge in [-0.1, -0.05) is 43.5 Å². The lowest BCUT2D eigenvalue weighted by molar-refractivity contribution is -0.141. The van der Waals surface area contributed by atoms with Crippen LogP contribution in [-0.4, -0.2) is 41.2 Å². The Bertz CT molecular complexity index is 958. The minimum atomic E-state index is -0.243. The van der Waals surface area contributed by atoms with E-state index in [-0.39, 0.29) is 35.6 Å². The number of hydrogen-bond donors (Lipinski definition) is 1. The number of likely N-dealkylation sites (tertiary alicyclic amines) is 1. The van der Waals surface area contributed by atoms with E-state index in [2.05, 4.69) is 5.32 Å². The lowest BCUT2D eigenvalue weighted by Crippen LogP contribution is -2.42. The molecule has 6 nitrogen and oxygen atoms in total. The van der Waals surface area contributed by atoms with Gasteiger partial charge >= 0.3 is 0 Å². The second-order valence-electron chi connectivity index (χ2n) is 9.69. The Balaban J connectivity index is 1.53. The molecule has 1 saturated heterocycles. The predicted octanol–water partition coefficient (Wildman–Crippen LogP) is 5.30. The molecule has 0 unspecified atom stereocenters. The number of ether oxygens (including phenoxy) is 1. The fourth-order valence-corrected chi connectivity index (χ4v) is 5.38. The van der Waals surface area contributed by atoms with Crippen LogP contribution in [-0.2, 0) is 9.59 Å². The summed E-state index contributed by atoms with van der Waals surface area (Å²) < 4.78 is 5.94. The number of benzene rings is 1. The third-order valence-electron chi connectivity index (χ3n) is 7.46. The number of hydrogen-bond acceptors (Lipinski definition) is 5. The fourth-order valence-electron chi connectivity index (χ4n) is 5.38. The molecule has 2 heterocycles. The van der Waals surface area contributed by atoms with Crippen LogP contribution in [0.15, 0.2) is 48.5 Å². The summed E-state index contributed by atoms with van der Waals surface area (Å²) in [5, 5.41) is 3.04. The topological polar surface area (TPSA) is 71.5 Å². The first-order valence-corrected chi connectivity index (χ1v) is 12.8. The van der Waals surface area contributed by atoms with Crippen LogP contribution in [0.1, 0.15) is 70.0 Å². The molecule has 3 atom stereocenters.